The average molecular weight is 710 g/mol. The number of phenolic OH excluding ortho intramolecular Hbond substituents is 2. The molecular formula is C30H25N6O9S3+. The molecule has 1 aromatic carbocycles. The number of rotatable bonds is 11. The molecule has 3 unspecified atom stereocenters. The van der Waals surface area contributed by atoms with Crippen LogP contribution >= 0.6 is 34.4 Å². The van der Waals surface area contributed by atoms with Crippen LogP contribution in [0.2, 0.25) is 0 Å². The third-order valence-corrected chi connectivity index (χ3v) is 10.4. The number of fused-ring (bicyclic) bond motifs is 2. The highest BCUT2D eigenvalue weighted by Gasteiger charge is 2.54. The monoisotopic (exact) mass is 709 g/mol. The minimum absolute atomic E-state index is 0.00488. The number of nitrogens with zero attached hydrogens (tertiary/aromatic N) is 4. The summed E-state index contributed by atoms with van der Waals surface area (Å²) in [5, 5.41) is 49.7. The Kier molecular flexibility index (Phi) is 8.78. The van der Waals surface area contributed by atoms with Crippen molar-refractivity contribution >= 4 is 79.6 Å². The number of benzene rings is 1. The zero-order valence-electron chi connectivity index (χ0n) is 24.4. The van der Waals surface area contributed by atoms with Gasteiger partial charge in [-0.3, -0.25) is 14.5 Å². The summed E-state index contributed by atoms with van der Waals surface area (Å²) in [4.78, 5) is 61.2. The number of carbonyl (C=O) groups excluding carboxylic acids is 2. The van der Waals surface area contributed by atoms with Crippen LogP contribution in [-0.4, -0.2) is 77.4 Å². The topological polar surface area (TPSA) is 229 Å². The van der Waals surface area contributed by atoms with Gasteiger partial charge in [-0.05, 0) is 41.3 Å². The van der Waals surface area contributed by atoms with Gasteiger partial charge in [0, 0.05) is 27.5 Å². The summed E-state index contributed by atoms with van der Waals surface area (Å²) in [7, 11) is 0. The van der Waals surface area contributed by atoms with Crippen LogP contribution in [0.15, 0.2) is 82.1 Å². The van der Waals surface area contributed by atoms with Crippen molar-refractivity contribution in [2.24, 2.45) is 5.16 Å². The molecule has 2 amide bonds. The number of allylic oxidation sites excluding steroid dienone is 2. The number of phenols is 2. The summed E-state index contributed by atoms with van der Waals surface area (Å²) in [6, 6.07) is 6.07. The summed E-state index contributed by atoms with van der Waals surface area (Å²) in [6.07, 6.45) is 8.03. The van der Waals surface area contributed by atoms with Crippen molar-refractivity contribution in [2.45, 2.75) is 23.6 Å². The van der Waals surface area contributed by atoms with Gasteiger partial charge in [-0.1, -0.05) is 11.2 Å². The van der Waals surface area contributed by atoms with Gasteiger partial charge in [0.05, 0.1) is 5.39 Å². The van der Waals surface area contributed by atoms with Crippen molar-refractivity contribution < 1.29 is 49.0 Å². The lowest BCUT2D eigenvalue weighted by molar-refractivity contribution is -0.685. The molecule has 0 bridgehead atoms. The Balaban J connectivity index is 1.15. The minimum Gasteiger partial charge on any atom is -0.504 e. The Bertz CT molecular complexity index is 2060. The number of thiophene rings is 1. The summed E-state index contributed by atoms with van der Waals surface area (Å²) in [5.41, 5.74) is 3.08. The SMILES string of the molecule is Nc1nc(C(ON=CC(=O)NC2C(=O)N3C(C(=O)O)=C(C=CC[n+]4ccc5sccc5c4)CSC23)(C(=O)O)c2ccc(O)c(O)c2)cs1. The summed E-state index contributed by atoms with van der Waals surface area (Å²) < 4.78 is 3.11. The first kappa shape index (κ1) is 32.5. The number of carboxylic acids is 2. The predicted molar refractivity (Wildman–Crippen MR) is 175 cm³/mol. The number of carbonyl (C=O) groups is 4. The molecule has 15 nitrogen and oxygen atoms in total. The number of carboxylic acid groups (broad SMARTS) is 2. The van der Waals surface area contributed by atoms with Crippen LogP contribution in [-0.2, 0) is 36.2 Å². The van der Waals surface area contributed by atoms with E-state index in [-0.39, 0.29) is 27.8 Å². The predicted octanol–water partition coefficient (Wildman–Crippen LogP) is 1.96. The number of nitrogen functional groups attached to an aromatic ring is 1. The summed E-state index contributed by atoms with van der Waals surface area (Å²) in [5.74, 6) is -5.38. The maximum absolute atomic E-state index is 13.1. The molecule has 6 rings (SSSR count). The van der Waals surface area contributed by atoms with Crippen molar-refractivity contribution in [1.29, 1.82) is 0 Å². The number of amides is 2. The fourth-order valence-electron chi connectivity index (χ4n) is 5.21. The lowest BCUT2D eigenvalue weighted by Gasteiger charge is -2.49. The Morgan fingerprint density at radius 2 is 2.00 bits per heavy atom. The Hall–Kier alpha value is -5.46. The fourth-order valence-corrected chi connectivity index (χ4v) is 7.89. The maximum atomic E-state index is 13.1. The summed E-state index contributed by atoms with van der Waals surface area (Å²) in [6.45, 7) is 0.483. The lowest BCUT2D eigenvalue weighted by atomic mass is 9.90. The van der Waals surface area contributed by atoms with Gasteiger partial charge in [0.2, 0.25) is 0 Å². The molecule has 0 radical (unpaired) electrons. The number of thiazole rings is 1. The Morgan fingerprint density at radius 1 is 1.19 bits per heavy atom. The largest absolute Gasteiger partial charge is 0.504 e. The smallest absolute Gasteiger partial charge is 0.362 e. The molecular weight excluding hydrogens is 685 g/mol. The molecule has 3 atom stereocenters. The number of oxime groups is 1. The van der Waals surface area contributed by atoms with Crippen LogP contribution in [0.4, 0.5) is 5.13 Å². The van der Waals surface area contributed by atoms with Gasteiger partial charge >= 0.3 is 17.5 Å². The molecule has 246 valence electrons. The number of thioether (sulfide) groups is 1. The Labute approximate surface area is 282 Å². The number of pyridine rings is 1. The zero-order chi connectivity index (χ0) is 34.2. The van der Waals surface area contributed by atoms with Crippen LogP contribution in [0.25, 0.3) is 10.1 Å². The van der Waals surface area contributed by atoms with Crippen LogP contribution < -0.4 is 15.6 Å². The molecule has 0 aliphatic carbocycles. The Morgan fingerprint density at radius 3 is 2.71 bits per heavy atom. The van der Waals surface area contributed by atoms with E-state index in [1.54, 1.807) is 17.4 Å². The number of anilines is 1. The summed E-state index contributed by atoms with van der Waals surface area (Å²) >= 11 is 3.82. The third kappa shape index (κ3) is 5.91. The van der Waals surface area contributed by atoms with Crippen LogP contribution in [0.3, 0.4) is 0 Å². The fraction of sp³-hybridized carbons (Fsp3) is 0.167. The number of nitrogens with one attached hydrogen (secondary N) is 1. The number of nitrogens with two attached hydrogens (primary N) is 1. The standard InChI is InChI=1S/C30H24N6O9S3/c31-29-33-21(14-48-29)30(28(43)44,17-3-4-18(37)19(38)10-17)45-32-11-22(39)34-23-25(40)36-24(27(41)42)16(13-47-26(23)36)2-1-7-35-8-5-20-15(12-35)6-9-46-20/h1-6,8-12,14,23,26H,7,13H2,(H6-,31,32,33,34,37,38,39,41,42,43,44)/p+1. The number of hydrogen-bond acceptors (Lipinski definition) is 13. The molecule has 0 saturated carbocycles. The van der Waals surface area contributed by atoms with E-state index < -0.39 is 52.3 Å². The molecule has 1 fully saturated rings. The first-order valence-corrected chi connectivity index (χ1v) is 16.7. The van der Waals surface area contributed by atoms with Crippen molar-refractivity contribution in [3.63, 3.8) is 0 Å². The van der Waals surface area contributed by atoms with E-state index in [1.165, 1.54) is 17.1 Å². The molecule has 0 spiro atoms. The van der Waals surface area contributed by atoms with Crippen molar-refractivity contribution in [3.05, 3.63) is 88.2 Å². The van der Waals surface area contributed by atoms with Crippen molar-refractivity contribution in [3.8, 4) is 11.5 Å². The number of aromatic nitrogens is 2. The zero-order valence-corrected chi connectivity index (χ0v) is 26.9. The molecule has 5 heterocycles. The first-order chi connectivity index (χ1) is 23.0. The lowest BCUT2D eigenvalue weighted by Crippen LogP contribution is -2.70. The average Bonchev–Trinajstić information content (AvgIpc) is 3.71. The number of aromatic hydroxyl groups is 2. The van der Waals surface area contributed by atoms with E-state index in [4.69, 9.17) is 10.6 Å². The highest BCUT2D eigenvalue weighted by Crippen LogP contribution is 2.41. The molecule has 2 aliphatic heterocycles. The van der Waals surface area contributed by atoms with Crippen LogP contribution in [0, 0.1) is 0 Å². The van der Waals surface area contributed by atoms with Gasteiger partial charge in [0.1, 0.15) is 29.0 Å². The highest BCUT2D eigenvalue weighted by molar-refractivity contribution is 8.00. The second kappa shape index (κ2) is 13.0. The number of aliphatic carboxylic acids is 2. The van der Waals surface area contributed by atoms with Gasteiger partial charge in [-0.2, -0.15) is 0 Å². The van der Waals surface area contributed by atoms with E-state index in [0.717, 1.165) is 44.5 Å². The van der Waals surface area contributed by atoms with E-state index in [1.807, 2.05) is 40.5 Å². The third-order valence-electron chi connectivity index (χ3n) is 7.51. The normalized spacial score (nSPS) is 18.9. The highest BCUT2D eigenvalue weighted by atomic mass is 32.2. The van der Waals surface area contributed by atoms with Gasteiger partial charge in [0.25, 0.3) is 11.8 Å². The van der Waals surface area contributed by atoms with Crippen LogP contribution in [0.5, 0.6) is 11.5 Å². The van der Waals surface area contributed by atoms with Gasteiger partial charge in [-0.25, -0.2) is 19.1 Å². The van der Waals surface area contributed by atoms with Gasteiger partial charge in [0.15, 0.2) is 35.6 Å². The van der Waals surface area contributed by atoms with E-state index in [2.05, 4.69) is 15.5 Å². The second-order valence-electron chi connectivity index (χ2n) is 10.4. The molecule has 7 N–H and O–H groups in total. The van der Waals surface area contributed by atoms with Crippen molar-refractivity contribution in [1.82, 2.24) is 15.2 Å². The van der Waals surface area contributed by atoms with E-state index >= 15 is 0 Å². The molecule has 4 aromatic rings. The molecule has 2 aliphatic rings. The molecule has 1 saturated heterocycles. The number of hydrogen-bond donors (Lipinski definition) is 6. The van der Waals surface area contributed by atoms with E-state index in [9.17, 15) is 39.6 Å². The van der Waals surface area contributed by atoms with Crippen molar-refractivity contribution in [2.75, 3.05) is 11.5 Å². The molecule has 18 heteroatoms. The number of β-lactam (4-membered cyclic amide) rings is 1. The minimum atomic E-state index is -2.49. The van der Waals surface area contributed by atoms with Gasteiger partial charge in [-0.15, -0.1) is 34.4 Å². The maximum Gasteiger partial charge on any atom is 0.362 e. The van der Waals surface area contributed by atoms with Gasteiger partial charge < -0.3 is 36.3 Å². The second-order valence-corrected chi connectivity index (χ2v) is 13.4. The van der Waals surface area contributed by atoms with Crippen LogP contribution in [0.1, 0.15) is 11.3 Å². The quantitative estimate of drug-likeness (QED) is 0.0432. The van der Waals surface area contributed by atoms with E-state index in [0.29, 0.717) is 18.3 Å². The molecule has 48 heavy (non-hydrogen) atoms. The first-order valence-electron chi connectivity index (χ1n) is 13.9. The molecule has 3 aromatic heterocycles.